The lowest BCUT2D eigenvalue weighted by atomic mass is 9.91. The van der Waals surface area contributed by atoms with Crippen molar-refractivity contribution in [3.8, 4) is 28.2 Å². The van der Waals surface area contributed by atoms with Crippen molar-refractivity contribution < 1.29 is 0 Å². The van der Waals surface area contributed by atoms with Crippen LogP contribution in [0.4, 0.5) is 11.4 Å². The normalized spacial score (nSPS) is 15.7. The van der Waals surface area contributed by atoms with E-state index in [1.807, 2.05) is 0 Å². The molecule has 0 spiro atoms. The Morgan fingerprint density at radius 3 is 1.31 bits per heavy atom. The molecule has 64 heavy (non-hydrogen) atoms. The van der Waals surface area contributed by atoms with Crippen LogP contribution in [0.1, 0.15) is 11.5 Å². The monoisotopic (exact) mass is 816 g/mol. The van der Waals surface area contributed by atoms with E-state index in [2.05, 4.69) is 249 Å². The van der Waals surface area contributed by atoms with E-state index in [1.165, 1.54) is 93.5 Å². The van der Waals surface area contributed by atoms with E-state index in [4.69, 9.17) is 0 Å². The fourth-order valence-corrected chi connectivity index (χ4v) is 11.3. The van der Waals surface area contributed by atoms with Gasteiger partial charge in [0.15, 0.2) is 0 Å². The molecule has 2 unspecified atom stereocenters. The number of rotatable bonds is 5. The van der Waals surface area contributed by atoms with Crippen LogP contribution < -0.4 is 4.90 Å². The number of allylic oxidation sites excluding steroid dienone is 2. The minimum atomic E-state index is 0.251. The summed E-state index contributed by atoms with van der Waals surface area (Å²) in [5, 5.41) is 7.53. The van der Waals surface area contributed by atoms with Crippen LogP contribution >= 0.6 is 0 Å². The fourth-order valence-electron chi connectivity index (χ4n) is 11.3. The van der Waals surface area contributed by atoms with Crippen molar-refractivity contribution in [1.29, 1.82) is 0 Å². The average Bonchev–Trinajstić information content (AvgIpc) is 4.09. The summed E-state index contributed by atoms with van der Waals surface area (Å²) in [6.45, 7) is 0. The van der Waals surface area contributed by atoms with Gasteiger partial charge in [0.25, 0.3) is 0 Å². The Morgan fingerprint density at radius 2 is 0.750 bits per heavy atom. The summed E-state index contributed by atoms with van der Waals surface area (Å²) in [4.78, 5) is 2.51. The van der Waals surface area contributed by atoms with Crippen molar-refractivity contribution in [2.24, 2.45) is 0 Å². The summed E-state index contributed by atoms with van der Waals surface area (Å²) in [5.74, 6) is 0.341. The molecule has 2 aliphatic rings. The third-order valence-electron chi connectivity index (χ3n) is 14.0. The second kappa shape index (κ2) is 13.6. The van der Waals surface area contributed by atoms with Gasteiger partial charge in [0, 0.05) is 72.2 Å². The molecule has 4 heterocycles. The van der Waals surface area contributed by atoms with Crippen LogP contribution in [0.25, 0.3) is 93.6 Å². The van der Waals surface area contributed by atoms with Crippen molar-refractivity contribution in [2.45, 2.75) is 12.0 Å². The highest BCUT2D eigenvalue weighted by atomic mass is 15.2. The third kappa shape index (κ3) is 4.93. The number of aromatic nitrogens is 3. The topological polar surface area (TPSA) is 18.0 Å². The van der Waals surface area contributed by atoms with Crippen molar-refractivity contribution in [2.75, 3.05) is 4.90 Å². The first-order chi connectivity index (χ1) is 31.8. The minimum absolute atomic E-state index is 0.251. The van der Waals surface area contributed by atoms with Gasteiger partial charge in [-0.1, -0.05) is 146 Å². The van der Waals surface area contributed by atoms with E-state index < -0.39 is 0 Å². The van der Waals surface area contributed by atoms with Crippen LogP contribution in [-0.2, 0) is 0 Å². The smallest absolute Gasteiger partial charge is 0.0629 e. The largest absolute Gasteiger partial charge is 0.333 e. The van der Waals surface area contributed by atoms with E-state index in [-0.39, 0.29) is 6.04 Å². The number of fused-ring (bicyclic) bond motifs is 12. The van der Waals surface area contributed by atoms with E-state index in [0.717, 1.165) is 17.1 Å². The van der Waals surface area contributed by atoms with Gasteiger partial charge in [-0.2, -0.15) is 0 Å². The Morgan fingerprint density at radius 1 is 0.328 bits per heavy atom. The van der Waals surface area contributed by atoms with Gasteiger partial charge in [0.2, 0.25) is 0 Å². The highest BCUT2D eigenvalue weighted by Gasteiger charge is 2.37. The SMILES string of the molecule is C1=CC2c3ccccc3N(c3ccc(-n4c5ccccc5c5c(-c6ccccc6)c6c7ccccc7n(-c7ccc(-n8c9ccccc9c9ccccc98)cc7)c6cc54)cc3)C2C=C1. The molecule has 0 bridgehead atoms. The summed E-state index contributed by atoms with van der Waals surface area (Å²) in [6.07, 6.45) is 9.07. The molecule has 4 heteroatoms. The molecule has 0 saturated carbocycles. The summed E-state index contributed by atoms with van der Waals surface area (Å²) in [7, 11) is 0. The summed E-state index contributed by atoms with van der Waals surface area (Å²) in [6, 6.07) is 76.3. The number of para-hydroxylation sites is 5. The standard InChI is InChI=1S/C60H40N4/c1-2-16-39(17-3-1)58-59-48-22-8-14-28-54(48)63(42-34-30-40(31-35-42)61-50-24-10-4-18-44(50)45-19-5-11-25-51(45)61)56(59)38-57-60(58)49-23-9-15-29-55(49)64(57)43-36-32-41(33-37-43)62-52-26-12-6-20-46(52)47-21-7-13-27-53(47)62/h1-38,44,50H. The lowest BCUT2D eigenvalue weighted by molar-refractivity contribution is 0.744. The van der Waals surface area contributed by atoms with Gasteiger partial charge in [-0.05, 0) is 96.1 Å². The van der Waals surface area contributed by atoms with Crippen LogP contribution in [0.15, 0.2) is 231 Å². The van der Waals surface area contributed by atoms with Crippen molar-refractivity contribution in [1.82, 2.24) is 13.7 Å². The zero-order valence-electron chi connectivity index (χ0n) is 34.9. The predicted octanol–water partition coefficient (Wildman–Crippen LogP) is 15.4. The lowest BCUT2D eigenvalue weighted by Gasteiger charge is -2.29. The molecule has 0 N–H and O–H groups in total. The van der Waals surface area contributed by atoms with E-state index in [9.17, 15) is 0 Å². The summed E-state index contributed by atoms with van der Waals surface area (Å²) in [5.41, 5.74) is 16.9. The maximum absolute atomic E-state index is 2.51. The third-order valence-corrected chi connectivity index (χ3v) is 14.0. The summed E-state index contributed by atoms with van der Waals surface area (Å²) >= 11 is 0. The van der Waals surface area contributed by atoms with Crippen LogP contribution in [0.2, 0.25) is 0 Å². The molecule has 14 rings (SSSR count). The molecule has 4 nitrogen and oxygen atoms in total. The van der Waals surface area contributed by atoms with Crippen LogP contribution in [0.3, 0.4) is 0 Å². The molecule has 1 aliphatic carbocycles. The molecular formula is C60H40N4. The quantitative estimate of drug-likeness (QED) is 0.169. The molecule has 0 amide bonds. The molecule has 300 valence electrons. The Labute approximate surface area is 370 Å². The van der Waals surface area contributed by atoms with E-state index in [1.54, 1.807) is 0 Å². The molecule has 0 fully saturated rings. The molecule has 0 radical (unpaired) electrons. The first-order valence-corrected chi connectivity index (χ1v) is 22.3. The maximum atomic E-state index is 2.51. The van der Waals surface area contributed by atoms with Gasteiger partial charge in [-0.25, -0.2) is 0 Å². The number of anilines is 2. The van der Waals surface area contributed by atoms with Crippen LogP contribution in [0, 0.1) is 0 Å². The zero-order chi connectivity index (χ0) is 41.9. The summed E-state index contributed by atoms with van der Waals surface area (Å²) < 4.78 is 7.35. The lowest BCUT2D eigenvalue weighted by Crippen LogP contribution is -2.28. The molecule has 12 aromatic rings. The zero-order valence-corrected chi connectivity index (χ0v) is 34.9. The minimum Gasteiger partial charge on any atom is -0.333 e. The van der Waals surface area contributed by atoms with Gasteiger partial charge in [0.05, 0.1) is 39.1 Å². The van der Waals surface area contributed by atoms with Crippen LogP contribution in [0.5, 0.6) is 0 Å². The number of hydrogen-bond acceptors (Lipinski definition) is 1. The molecular weight excluding hydrogens is 777 g/mol. The second-order valence-corrected chi connectivity index (χ2v) is 17.2. The molecule has 3 aromatic heterocycles. The molecule has 9 aromatic carbocycles. The van der Waals surface area contributed by atoms with Gasteiger partial charge in [-0.15, -0.1) is 0 Å². The Hall–Kier alpha value is -8.34. The Balaban J connectivity index is 1.01. The first kappa shape index (κ1) is 35.3. The highest BCUT2D eigenvalue weighted by molar-refractivity contribution is 6.28. The number of benzene rings is 9. The fraction of sp³-hybridized carbons (Fsp3) is 0.0333. The highest BCUT2D eigenvalue weighted by Crippen LogP contribution is 2.49. The van der Waals surface area contributed by atoms with Crippen molar-refractivity contribution >= 4 is 76.8 Å². The molecule has 1 aliphatic heterocycles. The van der Waals surface area contributed by atoms with Crippen LogP contribution in [-0.4, -0.2) is 19.7 Å². The van der Waals surface area contributed by atoms with E-state index in [0.29, 0.717) is 5.92 Å². The number of nitrogens with zero attached hydrogens (tertiary/aromatic N) is 4. The van der Waals surface area contributed by atoms with Crippen molar-refractivity contribution in [3.63, 3.8) is 0 Å². The van der Waals surface area contributed by atoms with E-state index >= 15 is 0 Å². The Bertz CT molecular complexity index is 3840. The number of hydrogen-bond donors (Lipinski definition) is 0. The first-order valence-electron chi connectivity index (χ1n) is 22.3. The van der Waals surface area contributed by atoms with Gasteiger partial charge in [0.1, 0.15) is 0 Å². The average molecular weight is 817 g/mol. The Kier molecular flexibility index (Phi) is 7.48. The van der Waals surface area contributed by atoms with Gasteiger partial charge in [-0.3, -0.25) is 0 Å². The van der Waals surface area contributed by atoms with Gasteiger partial charge < -0.3 is 18.6 Å². The molecule has 0 saturated heterocycles. The van der Waals surface area contributed by atoms with Gasteiger partial charge >= 0.3 is 0 Å². The maximum Gasteiger partial charge on any atom is 0.0629 e. The predicted molar refractivity (Wildman–Crippen MR) is 268 cm³/mol. The second-order valence-electron chi connectivity index (χ2n) is 17.2. The molecule has 2 atom stereocenters. The van der Waals surface area contributed by atoms with Crippen molar-refractivity contribution in [3.05, 3.63) is 236 Å².